The number of rotatable bonds is 5. The van der Waals surface area contributed by atoms with Crippen LogP contribution in [0.5, 0.6) is 0 Å². The summed E-state index contributed by atoms with van der Waals surface area (Å²) in [6.45, 7) is 0. The van der Waals surface area contributed by atoms with Gasteiger partial charge in [-0.2, -0.15) is 0 Å². The van der Waals surface area contributed by atoms with Crippen LogP contribution in [-0.2, 0) is 5.41 Å². The van der Waals surface area contributed by atoms with Gasteiger partial charge in [0.1, 0.15) is 0 Å². The molecule has 0 bridgehead atoms. The average Bonchev–Trinajstić information content (AvgIpc) is 2.78. The van der Waals surface area contributed by atoms with Crippen LogP contribution in [0.15, 0.2) is 97.1 Å². The molecule has 0 aliphatic rings. The molecular weight excluding hydrogens is 727 g/mol. The SMILES string of the molecule is O=[N+]([O-])c1ccc(C(c2ccc(I)cc2)(c2ccc(I)cc2)c2ccc(I)cc2)cc1. The van der Waals surface area contributed by atoms with E-state index in [4.69, 9.17) is 0 Å². The second-order valence-corrected chi connectivity index (χ2v) is 10.8. The van der Waals surface area contributed by atoms with Crippen molar-refractivity contribution in [2.75, 3.05) is 0 Å². The highest BCUT2D eigenvalue weighted by Gasteiger charge is 2.38. The number of nitrogens with zero attached hydrogens (tertiary/aromatic N) is 1. The molecule has 0 saturated carbocycles. The van der Waals surface area contributed by atoms with E-state index >= 15 is 0 Å². The van der Waals surface area contributed by atoms with Crippen LogP contribution in [0.1, 0.15) is 22.3 Å². The number of halogens is 3. The number of hydrogen-bond donors (Lipinski definition) is 0. The highest BCUT2D eigenvalue weighted by Crippen LogP contribution is 2.45. The summed E-state index contributed by atoms with van der Waals surface area (Å²) in [4.78, 5) is 10.9. The molecule has 0 aliphatic carbocycles. The Morgan fingerprint density at radius 3 is 1.03 bits per heavy atom. The fourth-order valence-corrected chi connectivity index (χ4v) is 5.01. The highest BCUT2D eigenvalue weighted by atomic mass is 127. The van der Waals surface area contributed by atoms with E-state index in [1.165, 1.54) is 0 Å². The smallest absolute Gasteiger partial charge is 0.258 e. The van der Waals surface area contributed by atoms with Crippen LogP contribution in [0.4, 0.5) is 5.69 Å². The number of nitro groups is 1. The van der Waals surface area contributed by atoms with E-state index in [-0.39, 0.29) is 10.6 Å². The van der Waals surface area contributed by atoms with Gasteiger partial charge in [0.25, 0.3) is 5.69 Å². The molecule has 154 valence electrons. The Balaban J connectivity index is 2.09. The van der Waals surface area contributed by atoms with Gasteiger partial charge < -0.3 is 0 Å². The first-order chi connectivity index (χ1) is 14.9. The monoisotopic (exact) mass is 743 g/mol. The van der Waals surface area contributed by atoms with Crippen molar-refractivity contribution in [1.29, 1.82) is 0 Å². The normalized spacial score (nSPS) is 11.3. The summed E-state index contributed by atoms with van der Waals surface area (Å²) in [6.07, 6.45) is 0. The Kier molecular flexibility index (Phi) is 6.97. The van der Waals surface area contributed by atoms with Gasteiger partial charge in [0.2, 0.25) is 0 Å². The van der Waals surface area contributed by atoms with Crippen LogP contribution in [0.25, 0.3) is 0 Å². The molecule has 0 fully saturated rings. The molecule has 0 spiro atoms. The first kappa shape index (κ1) is 22.7. The second-order valence-electron chi connectivity index (χ2n) is 7.07. The lowest BCUT2D eigenvalue weighted by molar-refractivity contribution is -0.384. The van der Waals surface area contributed by atoms with Gasteiger partial charge in [-0.15, -0.1) is 0 Å². The first-order valence-electron chi connectivity index (χ1n) is 9.44. The van der Waals surface area contributed by atoms with Gasteiger partial charge in [-0.3, -0.25) is 10.1 Å². The van der Waals surface area contributed by atoms with E-state index in [1.807, 2.05) is 12.1 Å². The summed E-state index contributed by atoms with van der Waals surface area (Å²) < 4.78 is 3.47. The van der Waals surface area contributed by atoms with Gasteiger partial charge in [-0.05, 0) is 126 Å². The van der Waals surface area contributed by atoms with E-state index in [1.54, 1.807) is 12.1 Å². The van der Waals surface area contributed by atoms with E-state index < -0.39 is 5.41 Å². The van der Waals surface area contributed by atoms with Crippen LogP contribution in [-0.4, -0.2) is 4.92 Å². The Bertz CT molecular complexity index is 1090. The third-order valence-electron chi connectivity index (χ3n) is 5.34. The number of nitro benzene ring substituents is 1. The fourth-order valence-electron chi connectivity index (χ4n) is 3.93. The maximum Gasteiger partial charge on any atom is 0.269 e. The Morgan fingerprint density at radius 2 is 0.774 bits per heavy atom. The number of hydrogen-bond acceptors (Lipinski definition) is 2. The van der Waals surface area contributed by atoms with Crippen LogP contribution in [0.3, 0.4) is 0 Å². The summed E-state index contributed by atoms with van der Waals surface area (Å²) in [5.41, 5.74) is 3.82. The maximum absolute atomic E-state index is 11.3. The summed E-state index contributed by atoms with van der Waals surface area (Å²) in [7, 11) is 0. The molecule has 6 heteroatoms. The summed E-state index contributed by atoms with van der Waals surface area (Å²) in [5, 5.41) is 11.3. The molecule has 0 atom stereocenters. The molecule has 4 aromatic rings. The van der Waals surface area contributed by atoms with Crippen LogP contribution < -0.4 is 0 Å². The molecule has 0 aromatic heterocycles. The van der Waals surface area contributed by atoms with Crippen molar-refractivity contribution in [3.05, 3.63) is 140 Å². The molecule has 3 nitrogen and oxygen atoms in total. The lowest BCUT2D eigenvalue weighted by Crippen LogP contribution is -2.31. The average molecular weight is 743 g/mol. The zero-order valence-corrected chi connectivity index (χ0v) is 22.6. The molecule has 0 unspecified atom stereocenters. The summed E-state index contributed by atoms with van der Waals surface area (Å²) in [5.74, 6) is 0. The molecule has 0 heterocycles. The minimum atomic E-state index is -0.603. The summed E-state index contributed by atoms with van der Waals surface area (Å²) >= 11 is 6.94. The summed E-state index contributed by atoms with van der Waals surface area (Å²) in [6, 6.07) is 32.5. The van der Waals surface area contributed by atoms with E-state index in [0.717, 1.165) is 33.0 Å². The van der Waals surface area contributed by atoms with Gasteiger partial charge in [0.15, 0.2) is 0 Å². The quantitative estimate of drug-likeness (QED) is 0.0908. The van der Waals surface area contributed by atoms with Crippen molar-refractivity contribution in [3.8, 4) is 0 Å². The van der Waals surface area contributed by atoms with E-state index in [0.29, 0.717) is 0 Å². The van der Waals surface area contributed by atoms with Gasteiger partial charge >= 0.3 is 0 Å². The third kappa shape index (κ3) is 4.51. The second kappa shape index (κ2) is 9.53. The van der Waals surface area contributed by atoms with Crippen LogP contribution in [0, 0.1) is 20.8 Å². The maximum atomic E-state index is 11.3. The van der Waals surface area contributed by atoms with Crippen molar-refractivity contribution in [2.24, 2.45) is 0 Å². The van der Waals surface area contributed by atoms with Gasteiger partial charge in [0, 0.05) is 22.8 Å². The molecule has 4 rings (SSSR count). The topological polar surface area (TPSA) is 43.1 Å². The molecule has 4 aromatic carbocycles. The third-order valence-corrected chi connectivity index (χ3v) is 7.50. The lowest BCUT2D eigenvalue weighted by atomic mass is 9.65. The molecule has 0 aliphatic heterocycles. The van der Waals surface area contributed by atoms with E-state index in [9.17, 15) is 10.1 Å². The zero-order valence-electron chi connectivity index (χ0n) is 16.1. The zero-order chi connectivity index (χ0) is 22.0. The predicted molar refractivity (Wildman–Crippen MR) is 150 cm³/mol. The molecule has 0 N–H and O–H groups in total. The number of non-ortho nitro benzene ring substituents is 1. The van der Waals surface area contributed by atoms with Crippen molar-refractivity contribution in [3.63, 3.8) is 0 Å². The Hall–Kier alpha value is -1.53. The van der Waals surface area contributed by atoms with Crippen molar-refractivity contribution < 1.29 is 4.92 Å². The van der Waals surface area contributed by atoms with Gasteiger partial charge in [-0.25, -0.2) is 0 Å². The molecule has 31 heavy (non-hydrogen) atoms. The molecular formula is C25H16I3NO2. The minimum absolute atomic E-state index is 0.0884. The largest absolute Gasteiger partial charge is 0.269 e. The Labute approximate surface area is 221 Å². The highest BCUT2D eigenvalue weighted by molar-refractivity contribution is 14.1. The molecule has 0 saturated heterocycles. The van der Waals surface area contributed by atoms with Crippen LogP contribution in [0.2, 0.25) is 0 Å². The number of benzene rings is 4. The minimum Gasteiger partial charge on any atom is -0.258 e. The van der Waals surface area contributed by atoms with Crippen molar-refractivity contribution in [1.82, 2.24) is 0 Å². The standard InChI is InChI=1S/C25H16I3NO2/c26-21-9-1-17(2-10-21)25(18-3-11-22(27)12-4-18,19-5-13-23(28)14-6-19)20-7-15-24(16-8-20)29(30)31/h1-16H. The van der Waals surface area contributed by atoms with Crippen LogP contribution >= 0.6 is 67.8 Å². The Morgan fingerprint density at radius 1 is 0.516 bits per heavy atom. The van der Waals surface area contributed by atoms with Crippen molar-refractivity contribution >= 4 is 73.5 Å². The van der Waals surface area contributed by atoms with Gasteiger partial charge in [-0.1, -0.05) is 48.5 Å². The van der Waals surface area contributed by atoms with Gasteiger partial charge in [0.05, 0.1) is 10.3 Å². The predicted octanol–water partition coefficient (Wildman–Crippen LogP) is 7.79. The first-order valence-corrected chi connectivity index (χ1v) is 12.7. The fraction of sp³-hybridized carbons (Fsp3) is 0.0400. The lowest BCUT2D eigenvalue weighted by Gasteiger charge is -2.37. The van der Waals surface area contributed by atoms with E-state index in [2.05, 4.69) is 141 Å². The molecule has 0 radical (unpaired) electrons. The molecule has 0 amide bonds. The van der Waals surface area contributed by atoms with Crippen molar-refractivity contribution in [2.45, 2.75) is 5.41 Å².